The van der Waals surface area contributed by atoms with Crippen LogP contribution < -0.4 is 15.0 Å². The highest BCUT2D eigenvalue weighted by Crippen LogP contribution is 2.35. The molecular formula is C37H35N5O3. The lowest BCUT2D eigenvalue weighted by Gasteiger charge is -2.25. The van der Waals surface area contributed by atoms with Crippen LogP contribution >= 0.6 is 0 Å². The number of aromatic nitrogens is 4. The maximum absolute atomic E-state index is 12.4. The summed E-state index contributed by atoms with van der Waals surface area (Å²) in [5, 5.41) is 0.583. The average Bonchev–Trinajstić information content (AvgIpc) is 3.69. The molecule has 4 aromatic carbocycles. The van der Waals surface area contributed by atoms with Gasteiger partial charge in [0.2, 0.25) is 6.79 Å². The van der Waals surface area contributed by atoms with Crippen molar-refractivity contribution in [3.05, 3.63) is 131 Å². The van der Waals surface area contributed by atoms with Gasteiger partial charge in [0.15, 0.2) is 11.5 Å². The molecule has 0 fully saturated rings. The van der Waals surface area contributed by atoms with Crippen molar-refractivity contribution in [3.8, 4) is 34.1 Å². The predicted octanol–water partition coefficient (Wildman–Crippen LogP) is 7.18. The first-order chi connectivity index (χ1) is 22.2. The van der Waals surface area contributed by atoms with Gasteiger partial charge in [0, 0.05) is 37.3 Å². The first-order valence-electron chi connectivity index (χ1n) is 15.4. The number of H-pyrrole nitrogens is 1. The first-order valence-corrected chi connectivity index (χ1v) is 15.4. The number of nitrogens with one attached hydrogen (secondary N) is 1. The molecule has 1 N–H and O–H groups in total. The van der Waals surface area contributed by atoms with E-state index >= 15 is 0 Å². The van der Waals surface area contributed by atoms with E-state index in [9.17, 15) is 4.79 Å². The molecule has 6 aromatic rings. The zero-order valence-electron chi connectivity index (χ0n) is 25.3. The van der Waals surface area contributed by atoms with Crippen LogP contribution in [0.15, 0.2) is 108 Å². The van der Waals surface area contributed by atoms with E-state index < -0.39 is 0 Å². The molecule has 0 saturated heterocycles. The van der Waals surface area contributed by atoms with Crippen LogP contribution in [0.5, 0.6) is 11.5 Å². The van der Waals surface area contributed by atoms with Crippen LogP contribution in [0.3, 0.4) is 0 Å². The summed E-state index contributed by atoms with van der Waals surface area (Å²) in [6.45, 7) is 5.31. The molecular weight excluding hydrogens is 562 g/mol. The van der Waals surface area contributed by atoms with Crippen molar-refractivity contribution < 1.29 is 9.47 Å². The SMILES string of the molecule is CCCCn1c(-c2ccccc2)nc(-c2ccccc2)c1CN(Cc1ccc2c(c1)OCO2)Cc1ccc2c(=O)[nH]cnc2c1. The lowest BCUT2D eigenvalue weighted by atomic mass is 10.1. The highest BCUT2D eigenvalue weighted by Gasteiger charge is 2.23. The molecule has 0 radical (unpaired) electrons. The van der Waals surface area contributed by atoms with E-state index in [1.807, 2.05) is 36.4 Å². The van der Waals surface area contributed by atoms with Crippen LogP contribution in [0.1, 0.15) is 36.6 Å². The predicted molar refractivity (Wildman–Crippen MR) is 176 cm³/mol. The zero-order chi connectivity index (χ0) is 30.6. The van der Waals surface area contributed by atoms with Crippen LogP contribution in [-0.4, -0.2) is 31.2 Å². The minimum atomic E-state index is -0.135. The molecule has 0 amide bonds. The van der Waals surface area contributed by atoms with E-state index in [2.05, 4.69) is 87.0 Å². The molecule has 8 heteroatoms. The summed E-state index contributed by atoms with van der Waals surface area (Å²) in [6, 6.07) is 33.0. The van der Waals surface area contributed by atoms with Gasteiger partial charge in [-0.1, -0.05) is 86.1 Å². The summed E-state index contributed by atoms with van der Waals surface area (Å²) in [7, 11) is 0. The van der Waals surface area contributed by atoms with Gasteiger partial charge in [0.1, 0.15) is 5.82 Å². The van der Waals surface area contributed by atoms with Gasteiger partial charge in [-0.3, -0.25) is 9.69 Å². The van der Waals surface area contributed by atoms with Crippen LogP contribution in [-0.2, 0) is 26.2 Å². The van der Waals surface area contributed by atoms with Gasteiger partial charge in [0.25, 0.3) is 5.56 Å². The fraction of sp³-hybridized carbons (Fsp3) is 0.216. The number of rotatable bonds is 11. The van der Waals surface area contributed by atoms with Gasteiger partial charge >= 0.3 is 0 Å². The molecule has 0 unspecified atom stereocenters. The third kappa shape index (κ3) is 6.10. The molecule has 0 aliphatic carbocycles. The van der Waals surface area contributed by atoms with Crippen LogP contribution in [0.25, 0.3) is 33.5 Å². The smallest absolute Gasteiger partial charge is 0.258 e. The van der Waals surface area contributed by atoms with E-state index in [0.717, 1.165) is 64.7 Å². The summed E-state index contributed by atoms with van der Waals surface area (Å²) < 4.78 is 13.7. The van der Waals surface area contributed by atoms with E-state index in [1.165, 1.54) is 12.0 Å². The van der Waals surface area contributed by atoms with Gasteiger partial charge < -0.3 is 19.0 Å². The average molecular weight is 598 g/mol. The monoisotopic (exact) mass is 597 g/mol. The van der Waals surface area contributed by atoms with Crippen molar-refractivity contribution in [2.45, 2.75) is 45.9 Å². The van der Waals surface area contributed by atoms with E-state index in [1.54, 1.807) is 0 Å². The van der Waals surface area contributed by atoms with Crippen molar-refractivity contribution >= 4 is 10.9 Å². The van der Waals surface area contributed by atoms with Gasteiger partial charge in [0.05, 0.1) is 28.6 Å². The molecule has 226 valence electrons. The Hall–Kier alpha value is -5.21. The fourth-order valence-electron chi connectivity index (χ4n) is 5.99. The Morgan fingerprint density at radius 3 is 2.31 bits per heavy atom. The Morgan fingerprint density at radius 2 is 1.53 bits per heavy atom. The van der Waals surface area contributed by atoms with Crippen molar-refractivity contribution in [2.75, 3.05) is 6.79 Å². The summed E-state index contributed by atoms with van der Waals surface area (Å²) >= 11 is 0. The van der Waals surface area contributed by atoms with Crippen LogP contribution in [0.4, 0.5) is 0 Å². The zero-order valence-corrected chi connectivity index (χ0v) is 25.3. The van der Waals surface area contributed by atoms with Gasteiger partial charge in [-0.05, 0) is 41.8 Å². The second kappa shape index (κ2) is 12.8. The number of fused-ring (bicyclic) bond motifs is 2. The molecule has 0 bridgehead atoms. The van der Waals surface area contributed by atoms with E-state index in [-0.39, 0.29) is 12.4 Å². The maximum Gasteiger partial charge on any atom is 0.258 e. The van der Waals surface area contributed by atoms with Crippen molar-refractivity contribution in [1.29, 1.82) is 0 Å². The summed E-state index contributed by atoms with van der Waals surface area (Å²) in [5.74, 6) is 2.52. The van der Waals surface area contributed by atoms with Gasteiger partial charge in [-0.25, -0.2) is 9.97 Å². The van der Waals surface area contributed by atoms with Gasteiger partial charge in [-0.2, -0.15) is 0 Å². The normalized spacial score (nSPS) is 12.3. The van der Waals surface area contributed by atoms with E-state index in [4.69, 9.17) is 14.5 Å². The lowest BCUT2D eigenvalue weighted by molar-refractivity contribution is 0.174. The molecule has 0 saturated carbocycles. The Kier molecular flexibility index (Phi) is 8.12. The topological polar surface area (TPSA) is 85.3 Å². The fourth-order valence-corrected chi connectivity index (χ4v) is 5.99. The highest BCUT2D eigenvalue weighted by molar-refractivity contribution is 5.77. The van der Waals surface area contributed by atoms with Crippen molar-refractivity contribution in [2.24, 2.45) is 0 Å². The number of nitrogens with zero attached hydrogens (tertiary/aromatic N) is 4. The number of hydrogen-bond acceptors (Lipinski definition) is 6. The Labute approximate surface area is 261 Å². The lowest BCUT2D eigenvalue weighted by Crippen LogP contribution is -2.24. The molecule has 0 spiro atoms. The molecule has 8 nitrogen and oxygen atoms in total. The van der Waals surface area contributed by atoms with Crippen molar-refractivity contribution in [3.63, 3.8) is 0 Å². The third-order valence-corrected chi connectivity index (χ3v) is 8.22. The minimum Gasteiger partial charge on any atom is -0.454 e. The largest absolute Gasteiger partial charge is 0.454 e. The van der Waals surface area contributed by atoms with E-state index in [0.29, 0.717) is 30.5 Å². The number of aromatic amines is 1. The molecule has 45 heavy (non-hydrogen) atoms. The van der Waals surface area contributed by atoms with Crippen LogP contribution in [0.2, 0.25) is 0 Å². The first kappa shape index (κ1) is 28.6. The molecule has 3 heterocycles. The third-order valence-electron chi connectivity index (χ3n) is 8.22. The Balaban J connectivity index is 1.33. The quantitative estimate of drug-likeness (QED) is 0.170. The highest BCUT2D eigenvalue weighted by atomic mass is 16.7. The molecule has 1 aliphatic heterocycles. The summed E-state index contributed by atoms with van der Waals surface area (Å²) in [4.78, 5) is 27.2. The Morgan fingerprint density at radius 1 is 0.822 bits per heavy atom. The second-order valence-electron chi connectivity index (χ2n) is 11.4. The molecule has 0 atom stereocenters. The molecule has 7 rings (SSSR count). The number of benzene rings is 4. The summed E-state index contributed by atoms with van der Waals surface area (Å²) in [6.07, 6.45) is 3.59. The number of ether oxygens (including phenoxy) is 2. The van der Waals surface area contributed by atoms with Crippen LogP contribution in [0, 0.1) is 0 Å². The number of hydrogen-bond donors (Lipinski definition) is 1. The maximum atomic E-state index is 12.4. The van der Waals surface area contributed by atoms with Gasteiger partial charge in [-0.15, -0.1) is 0 Å². The second-order valence-corrected chi connectivity index (χ2v) is 11.4. The standard InChI is InChI=1S/C37H35N5O3/c1-2-3-18-42-32(35(28-10-6-4-7-11-28)40-36(42)29-12-8-5-9-13-29)23-41(22-27-15-17-33-34(20-27)45-25-44-33)21-26-14-16-30-31(19-26)38-24-39-37(30)43/h4-17,19-20,24H,2-3,18,21-23,25H2,1H3,(H,38,39,43). The molecule has 2 aromatic heterocycles. The molecule has 1 aliphatic rings. The minimum absolute atomic E-state index is 0.135. The number of unbranched alkanes of at least 4 members (excludes halogenated alkanes) is 1. The summed E-state index contributed by atoms with van der Waals surface area (Å²) in [5.41, 5.74) is 7.11. The van der Waals surface area contributed by atoms with Crippen molar-refractivity contribution in [1.82, 2.24) is 24.4 Å². The number of imidazole rings is 1. The Bertz CT molecular complexity index is 1990.